The molecule has 0 saturated heterocycles. The van der Waals surface area contributed by atoms with Gasteiger partial charge in [0, 0.05) is 0 Å². The van der Waals surface area contributed by atoms with Crippen LogP contribution >= 0.6 is 0 Å². The second kappa shape index (κ2) is 6.01. The molecule has 1 heteroatoms. The van der Waals surface area contributed by atoms with Gasteiger partial charge in [-0.15, -0.1) is 0 Å². The van der Waals surface area contributed by atoms with E-state index in [0.29, 0.717) is 0 Å². The van der Waals surface area contributed by atoms with Crippen molar-refractivity contribution in [2.24, 2.45) is 0 Å². The van der Waals surface area contributed by atoms with Crippen molar-refractivity contribution in [3.8, 4) is 11.1 Å². The molecule has 92 valence electrons. The molecule has 0 N–H and O–H groups in total. The van der Waals surface area contributed by atoms with E-state index in [1.807, 2.05) is 0 Å². The van der Waals surface area contributed by atoms with E-state index >= 15 is 0 Å². The van der Waals surface area contributed by atoms with Gasteiger partial charge in [0.2, 0.25) is 0 Å². The van der Waals surface area contributed by atoms with E-state index in [2.05, 4.69) is 63.2 Å². The molecule has 0 aliphatic rings. The Hall–Kier alpha value is -1.34. The van der Waals surface area contributed by atoms with Crippen molar-refractivity contribution in [3.05, 3.63) is 53.6 Å². The van der Waals surface area contributed by atoms with E-state index in [4.69, 9.17) is 0 Å². The number of hydrogen-bond acceptors (Lipinski definition) is 0. The molecule has 0 aliphatic heterocycles. The molecule has 0 nitrogen and oxygen atoms in total. The SMILES string of the molecule is CC[Si]c1ccc(-c2ccc(CC)cc2)c(C)c1. The van der Waals surface area contributed by atoms with Gasteiger partial charge in [0.15, 0.2) is 0 Å². The highest BCUT2D eigenvalue weighted by Crippen LogP contribution is 2.22. The molecule has 0 aliphatic carbocycles. The highest BCUT2D eigenvalue weighted by atomic mass is 28.2. The van der Waals surface area contributed by atoms with Crippen LogP contribution in [0.1, 0.15) is 25.0 Å². The predicted octanol–water partition coefficient (Wildman–Crippen LogP) is 3.99. The number of rotatable bonds is 4. The van der Waals surface area contributed by atoms with Crippen molar-refractivity contribution in [2.75, 3.05) is 0 Å². The van der Waals surface area contributed by atoms with Crippen molar-refractivity contribution in [1.82, 2.24) is 0 Å². The van der Waals surface area contributed by atoms with Gasteiger partial charge in [0.1, 0.15) is 0 Å². The van der Waals surface area contributed by atoms with Gasteiger partial charge in [-0.3, -0.25) is 0 Å². The first-order valence-corrected chi connectivity index (χ1v) is 7.89. The number of hydrogen-bond donors (Lipinski definition) is 0. The molecule has 2 aromatic rings. The van der Waals surface area contributed by atoms with Crippen molar-refractivity contribution >= 4 is 14.7 Å². The summed E-state index contributed by atoms with van der Waals surface area (Å²) in [5, 5.41) is 1.48. The minimum Gasteiger partial charge on any atom is -0.0679 e. The first-order valence-electron chi connectivity index (χ1n) is 6.68. The molecule has 0 saturated carbocycles. The van der Waals surface area contributed by atoms with Crippen LogP contribution in [0.3, 0.4) is 0 Å². The van der Waals surface area contributed by atoms with Crippen LogP contribution in [0.5, 0.6) is 0 Å². The summed E-state index contributed by atoms with van der Waals surface area (Å²) in [6, 6.07) is 17.1. The molecule has 2 rings (SSSR count). The predicted molar refractivity (Wildman–Crippen MR) is 81.9 cm³/mol. The van der Waals surface area contributed by atoms with Crippen LogP contribution in [-0.2, 0) is 6.42 Å². The average molecular weight is 252 g/mol. The lowest BCUT2D eigenvalue weighted by molar-refractivity contribution is 1.14. The van der Waals surface area contributed by atoms with E-state index in [0.717, 1.165) is 15.9 Å². The van der Waals surface area contributed by atoms with Gasteiger partial charge in [-0.1, -0.05) is 67.5 Å². The molecule has 0 atom stereocenters. The van der Waals surface area contributed by atoms with E-state index < -0.39 is 0 Å². The van der Waals surface area contributed by atoms with Crippen LogP contribution in [0.2, 0.25) is 6.04 Å². The van der Waals surface area contributed by atoms with Gasteiger partial charge in [0.05, 0.1) is 9.52 Å². The Morgan fingerprint density at radius 1 is 0.944 bits per heavy atom. The molecule has 2 radical (unpaired) electrons. The summed E-state index contributed by atoms with van der Waals surface area (Å²) in [6.07, 6.45) is 1.11. The lowest BCUT2D eigenvalue weighted by Gasteiger charge is -2.09. The van der Waals surface area contributed by atoms with Gasteiger partial charge in [-0.25, -0.2) is 0 Å². The molecular formula is C17H20Si. The quantitative estimate of drug-likeness (QED) is 0.722. The Bertz CT molecular complexity index is 512. The van der Waals surface area contributed by atoms with Crippen LogP contribution < -0.4 is 5.19 Å². The van der Waals surface area contributed by atoms with Gasteiger partial charge >= 0.3 is 0 Å². The second-order valence-corrected chi connectivity index (χ2v) is 6.25. The molecule has 0 bridgehead atoms. The maximum absolute atomic E-state index is 2.34. The highest BCUT2D eigenvalue weighted by Gasteiger charge is 2.03. The Morgan fingerprint density at radius 3 is 2.22 bits per heavy atom. The maximum Gasteiger partial charge on any atom is 0.0805 e. The monoisotopic (exact) mass is 252 g/mol. The first kappa shape index (κ1) is 13.1. The molecule has 0 fully saturated rings. The van der Waals surface area contributed by atoms with E-state index in [9.17, 15) is 0 Å². The summed E-state index contributed by atoms with van der Waals surface area (Å²) in [7, 11) is 0.936. The third-order valence-electron chi connectivity index (χ3n) is 3.28. The fourth-order valence-corrected chi connectivity index (χ4v) is 3.15. The zero-order chi connectivity index (χ0) is 13.0. The van der Waals surface area contributed by atoms with Crippen molar-refractivity contribution in [2.45, 2.75) is 33.2 Å². The normalized spacial score (nSPS) is 10.6. The minimum atomic E-state index is 0.936. The van der Waals surface area contributed by atoms with Crippen LogP contribution in [0, 0.1) is 6.92 Å². The standard InChI is InChI=1S/C17H20Si/c1-4-14-6-8-15(9-7-14)17-11-10-16(18-5-2)12-13(17)3/h6-12H,4-5H2,1-3H3. The van der Waals surface area contributed by atoms with Crippen molar-refractivity contribution < 1.29 is 0 Å². The Kier molecular flexibility index (Phi) is 4.37. The Labute approximate surface area is 113 Å². The fraction of sp³-hybridized carbons (Fsp3) is 0.294. The third-order valence-corrected chi connectivity index (χ3v) is 4.35. The van der Waals surface area contributed by atoms with Gasteiger partial charge in [-0.2, -0.15) is 0 Å². The van der Waals surface area contributed by atoms with Crippen LogP contribution in [0.4, 0.5) is 0 Å². The number of benzene rings is 2. The topological polar surface area (TPSA) is 0 Å². The number of aryl methyl sites for hydroxylation is 2. The third kappa shape index (κ3) is 2.91. The largest absolute Gasteiger partial charge is 0.0805 e. The zero-order valence-electron chi connectivity index (χ0n) is 11.5. The molecule has 0 heterocycles. The van der Waals surface area contributed by atoms with Gasteiger partial charge < -0.3 is 0 Å². The summed E-state index contributed by atoms with van der Waals surface area (Å²) in [6.45, 7) is 6.65. The zero-order valence-corrected chi connectivity index (χ0v) is 12.5. The summed E-state index contributed by atoms with van der Waals surface area (Å²) < 4.78 is 0. The van der Waals surface area contributed by atoms with Crippen molar-refractivity contribution in [1.29, 1.82) is 0 Å². The summed E-state index contributed by atoms with van der Waals surface area (Å²) in [4.78, 5) is 0. The molecule has 0 amide bonds. The van der Waals surface area contributed by atoms with Gasteiger partial charge in [0.25, 0.3) is 0 Å². The van der Waals surface area contributed by atoms with Crippen LogP contribution in [0.15, 0.2) is 42.5 Å². The molecule has 18 heavy (non-hydrogen) atoms. The molecular weight excluding hydrogens is 232 g/mol. The van der Waals surface area contributed by atoms with Gasteiger partial charge in [-0.05, 0) is 35.6 Å². The lowest BCUT2D eigenvalue weighted by atomic mass is 9.99. The average Bonchev–Trinajstić information content (AvgIpc) is 2.40. The van der Waals surface area contributed by atoms with Crippen LogP contribution in [0.25, 0.3) is 11.1 Å². The fourth-order valence-electron chi connectivity index (χ4n) is 2.22. The minimum absolute atomic E-state index is 0.936. The Balaban J connectivity index is 2.32. The Morgan fingerprint density at radius 2 is 1.67 bits per heavy atom. The van der Waals surface area contributed by atoms with Crippen molar-refractivity contribution in [3.63, 3.8) is 0 Å². The second-order valence-electron chi connectivity index (χ2n) is 4.61. The highest BCUT2D eigenvalue weighted by molar-refractivity contribution is 6.53. The first-order chi connectivity index (χ1) is 8.74. The van der Waals surface area contributed by atoms with E-state index in [1.54, 1.807) is 0 Å². The smallest absolute Gasteiger partial charge is 0.0679 e. The van der Waals surface area contributed by atoms with Crippen LogP contribution in [-0.4, -0.2) is 9.52 Å². The van der Waals surface area contributed by atoms with E-state index in [-0.39, 0.29) is 0 Å². The molecule has 0 aromatic heterocycles. The lowest BCUT2D eigenvalue weighted by Crippen LogP contribution is -2.12. The molecule has 0 spiro atoms. The summed E-state index contributed by atoms with van der Waals surface area (Å²) in [5.41, 5.74) is 5.48. The molecule has 0 unspecified atom stereocenters. The molecule has 2 aromatic carbocycles. The summed E-state index contributed by atoms with van der Waals surface area (Å²) in [5.74, 6) is 0. The van der Waals surface area contributed by atoms with E-state index in [1.165, 1.54) is 33.5 Å². The maximum atomic E-state index is 2.34. The summed E-state index contributed by atoms with van der Waals surface area (Å²) >= 11 is 0.